The number of amides is 1. The number of carbonyl (C=O) groups excluding carboxylic acids is 1. The van der Waals surface area contributed by atoms with Crippen molar-refractivity contribution in [2.24, 2.45) is 22.4 Å². The smallest absolute Gasteiger partial charge is 0.220 e. The Hall–Kier alpha value is -1.35. The molecule has 1 aliphatic heterocycles. The molecule has 0 saturated carbocycles. The molecule has 0 atom stereocenters. The second-order valence-corrected chi connectivity index (χ2v) is 7.45. The van der Waals surface area contributed by atoms with Gasteiger partial charge < -0.3 is 21.7 Å². The fraction of sp³-hybridized carbons (Fsp3) is 0.600. The lowest BCUT2D eigenvalue weighted by atomic mass is 9.96. The summed E-state index contributed by atoms with van der Waals surface area (Å²) in [5, 5.41) is 3.20. The van der Waals surface area contributed by atoms with Gasteiger partial charge in [-0.2, -0.15) is 0 Å². The molecule has 1 aromatic carbocycles. The summed E-state index contributed by atoms with van der Waals surface area (Å²) in [6.07, 6.45) is 7.51. The van der Waals surface area contributed by atoms with Crippen LogP contribution in [0.3, 0.4) is 0 Å². The topological polar surface area (TPSA) is 96.7 Å². The molecule has 2 aliphatic rings. The van der Waals surface area contributed by atoms with Crippen LogP contribution >= 0.6 is 24.0 Å². The average Bonchev–Trinajstić information content (AvgIpc) is 3.09. The van der Waals surface area contributed by atoms with Crippen molar-refractivity contribution in [2.75, 3.05) is 31.5 Å². The molecule has 0 bridgehead atoms. The largest absolute Gasteiger partial charge is 0.370 e. The summed E-state index contributed by atoms with van der Waals surface area (Å²) in [5.74, 6) is 0.413. The van der Waals surface area contributed by atoms with E-state index in [0.29, 0.717) is 5.96 Å². The number of halogens is 1. The van der Waals surface area contributed by atoms with Crippen molar-refractivity contribution in [3.8, 4) is 0 Å². The van der Waals surface area contributed by atoms with Gasteiger partial charge >= 0.3 is 0 Å². The number of fused-ring (bicyclic) bond motifs is 1. The minimum absolute atomic E-state index is 0. The number of benzene rings is 1. The number of anilines is 1. The van der Waals surface area contributed by atoms with Gasteiger partial charge in [0.2, 0.25) is 5.91 Å². The number of aryl methyl sites for hydroxylation is 2. The first-order valence-corrected chi connectivity index (χ1v) is 9.82. The number of guanidine groups is 1. The summed E-state index contributed by atoms with van der Waals surface area (Å²) in [6, 6.07) is 6.47. The third-order valence-corrected chi connectivity index (χ3v) is 5.53. The first kappa shape index (κ1) is 21.9. The maximum absolute atomic E-state index is 11.2. The van der Waals surface area contributed by atoms with Crippen molar-refractivity contribution < 1.29 is 4.79 Å². The Bertz CT molecular complexity index is 656. The summed E-state index contributed by atoms with van der Waals surface area (Å²) < 4.78 is 0. The predicted octanol–water partition coefficient (Wildman–Crippen LogP) is 2.50. The van der Waals surface area contributed by atoms with Crippen molar-refractivity contribution in [3.63, 3.8) is 0 Å². The Morgan fingerprint density at radius 1 is 1.15 bits per heavy atom. The van der Waals surface area contributed by atoms with E-state index in [1.165, 1.54) is 30.4 Å². The highest BCUT2D eigenvalue weighted by molar-refractivity contribution is 14.0. The highest BCUT2D eigenvalue weighted by Gasteiger charge is 2.22. The SMILES string of the molecule is I.NC(=O)C1CCN(CCCCN=C(N)Nc2ccc3c(c2)CCC3)CC1. The van der Waals surface area contributed by atoms with Gasteiger partial charge in [0.1, 0.15) is 0 Å². The van der Waals surface area contributed by atoms with Gasteiger partial charge in [-0.1, -0.05) is 6.07 Å². The first-order chi connectivity index (χ1) is 12.6. The van der Waals surface area contributed by atoms with Crippen molar-refractivity contribution in [3.05, 3.63) is 29.3 Å². The third kappa shape index (κ3) is 6.64. The van der Waals surface area contributed by atoms with Crippen LogP contribution in [0.4, 0.5) is 5.69 Å². The van der Waals surface area contributed by atoms with E-state index >= 15 is 0 Å². The Morgan fingerprint density at radius 3 is 2.63 bits per heavy atom. The lowest BCUT2D eigenvalue weighted by Crippen LogP contribution is -2.38. The van der Waals surface area contributed by atoms with E-state index in [1.54, 1.807) is 0 Å². The molecule has 1 saturated heterocycles. The van der Waals surface area contributed by atoms with Crippen LogP contribution in [0, 0.1) is 5.92 Å². The summed E-state index contributed by atoms with van der Waals surface area (Å²) in [7, 11) is 0. The second-order valence-electron chi connectivity index (χ2n) is 7.45. The molecule has 0 aromatic heterocycles. The molecular formula is C20H32IN5O. The molecule has 3 rings (SSSR count). The fourth-order valence-electron chi connectivity index (χ4n) is 3.92. The first-order valence-electron chi connectivity index (χ1n) is 9.82. The van der Waals surface area contributed by atoms with Gasteiger partial charge in [-0.15, -0.1) is 24.0 Å². The summed E-state index contributed by atoms with van der Waals surface area (Å²) >= 11 is 0. The molecule has 150 valence electrons. The molecule has 1 aliphatic carbocycles. The maximum Gasteiger partial charge on any atom is 0.220 e. The Balaban J connectivity index is 0.00000261. The van der Waals surface area contributed by atoms with E-state index < -0.39 is 0 Å². The molecule has 7 heteroatoms. The quantitative estimate of drug-likeness (QED) is 0.239. The molecule has 1 fully saturated rings. The number of nitrogens with one attached hydrogen (secondary N) is 1. The van der Waals surface area contributed by atoms with Crippen molar-refractivity contribution in [1.82, 2.24) is 4.90 Å². The Morgan fingerprint density at radius 2 is 1.89 bits per heavy atom. The average molecular weight is 485 g/mol. The van der Waals surface area contributed by atoms with Gasteiger partial charge in [-0.25, -0.2) is 0 Å². The summed E-state index contributed by atoms with van der Waals surface area (Å²) in [4.78, 5) is 18.0. The molecule has 5 N–H and O–H groups in total. The molecule has 6 nitrogen and oxygen atoms in total. The van der Waals surface area contributed by atoms with Crippen molar-refractivity contribution in [1.29, 1.82) is 0 Å². The van der Waals surface area contributed by atoms with E-state index in [4.69, 9.17) is 11.5 Å². The lowest BCUT2D eigenvalue weighted by molar-refractivity contribution is -0.123. The molecule has 27 heavy (non-hydrogen) atoms. The monoisotopic (exact) mass is 485 g/mol. The Labute approximate surface area is 179 Å². The van der Waals surface area contributed by atoms with Crippen molar-refractivity contribution >= 4 is 41.5 Å². The number of carbonyl (C=O) groups is 1. The summed E-state index contributed by atoms with van der Waals surface area (Å²) in [5.41, 5.74) is 15.3. The molecule has 1 amide bonds. The van der Waals surface area contributed by atoms with Gasteiger partial charge in [-0.05, 0) is 87.8 Å². The second kappa shape index (κ2) is 10.8. The highest BCUT2D eigenvalue weighted by atomic mass is 127. The summed E-state index contributed by atoms with van der Waals surface area (Å²) in [6.45, 7) is 3.73. The van der Waals surface area contributed by atoms with E-state index in [1.807, 2.05) is 0 Å². The number of piperidine rings is 1. The molecular weight excluding hydrogens is 453 g/mol. The highest BCUT2D eigenvalue weighted by Crippen LogP contribution is 2.24. The van der Waals surface area contributed by atoms with Crippen LogP contribution in [0.1, 0.15) is 43.2 Å². The molecule has 0 radical (unpaired) electrons. The van der Waals surface area contributed by atoms with Gasteiger partial charge in [0, 0.05) is 18.2 Å². The zero-order valence-corrected chi connectivity index (χ0v) is 18.3. The van der Waals surface area contributed by atoms with Gasteiger partial charge in [-0.3, -0.25) is 9.79 Å². The molecule has 0 unspecified atom stereocenters. The maximum atomic E-state index is 11.2. The van der Waals surface area contributed by atoms with Gasteiger partial charge in [0.25, 0.3) is 0 Å². The number of hydrogen-bond acceptors (Lipinski definition) is 3. The minimum Gasteiger partial charge on any atom is -0.370 e. The third-order valence-electron chi connectivity index (χ3n) is 5.53. The zero-order chi connectivity index (χ0) is 18.4. The van der Waals surface area contributed by atoms with Crippen LogP contribution in [0.25, 0.3) is 0 Å². The van der Waals surface area contributed by atoms with Crippen LogP contribution in [-0.4, -0.2) is 42.9 Å². The number of nitrogens with two attached hydrogens (primary N) is 2. The van der Waals surface area contributed by atoms with Crippen LogP contribution in [0.5, 0.6) is 0 Å². The van der Waals surface area contributed by atoms with Crippen LogP contribution in [0.2, 0.25) is 0 Å². The standard InChI is InChI=1S/C20H31N5O.HI/c21-19(26)16-8-12-25(13-9-16)11-2-1-10-23-20(22)24-18-7-6-15-4-3-5-17(15)14-18;/h6-7,14,16H,1-5,8-13H2,(H2,21,26)(H3,22,23,24);1H. The zero-order valence-electron chi connectivity index (χ0n) is 16.0. The normalized spacial score (nSPS) is 18.0. The van der Waals surface area contributed by atoms with Crippen LogP contribution in [0.15, 0.2) is 23.2 Å². The van der Waals surface area contributed by atoms with Crippen LogP contribution < -0.4 is 16.8 Å². The van der Waals surface area contributed by atoms with E-state index in [9.17, 15) is 4.79 Å². The molecule has 1 aromatic rings. The van der Waals surface area contributed by atoms with Gasteiger partial charge in [0.05, 0.1) is 0 Å². The van der Waals surface area contributed by atoms with E-state index in [2.05, 4.69) is 33.4 Å². The number of rotatable bonds is 7. The van der Waals surface area contributed by atoms with Gasteiger partial charge in [0.15, 0.2) is 5.96 Å². The number of unbranched alkanes of at least 4 members (excludes halogenated alkanes) is 1. The number of nitrogens with zero attached hydrogens (tertiary/aromatic N) is 2. The number of likely N-dealkylation sites (tertiary alicyclic amines) is 1. The predicted molar refractivity (Wildman–Crippen MR) is 122 cm³/mol. The minimum atomic E-state index is -0.148. The lowest BCUT2D eigenvalue weighted by Gasteiger charge is -2.30. The number of hydrogen-bond donors (Lipinski definition) is 3. The Kier molecular flexibility index (Phi) is 8.82. The van der Waals surface area contributed by atoms with Crippen molar-refractivity contribution in [2.45, 2.75) is 44.9 Å². The number of aliphatic imine (C=N–C) groups is 1. The molecule has 1 heterocycles. The molecule has 0 spiro atoms. The fourth-order valence-corrected chi connectivity index (χ4v) is 3.92. The van der Waals surface area contributed by atoms with E-state index in [-0.39, 0.29) is 35.8 Å². The van der Waals surface area contributed by atoms with E-state index in [0.717, 1.165) is 57.5 Å². The number of primary amides is 1. The van der Waals surface area contributed by atoms with Crippen LogP contribution in [-0.2, 0) is 17.6 Å².